The fourth-order valence-corrected chi connectivity index (χ4v) is 3.65. The molecule has 4 N–H and O–H groups in total. The van der Waals surface area contributed by atoms with Crippen molar-refractivity contribution in [1.82, 2.24) is 15.4 Å². The summed E-state index contributed by atoms with van der Waals surface area (Å²) >= 11 is 0. The predicted octanol–water partition coefficient (Wildman–Crippen LogP) is 4.16. The molecule has 0 unspecified atom stereocenters. The smallest absolute Gasteiger partial charge is 0.243 e. The van der Waals surface area contributed by atoms with Gasteiger partial charge in [-0.1, -0.05) is 24.8 Å². The summed E-state index contributed by atoms with van der Waals surface area (Å²) in [7, 11) is 1.59. The minimum Gasteiger partial charge on any atom is -0.489 e. The SMILES string of the molecule is C#Cc1cccc(Nc2ncnc3cc(OCCOC)c(NC(=O)CCCCCCC(=O)NO)cc23)c1. The third-order valence-corrected chi connectivity index (χ3v) is 5.53. The van der Waals surface area contributed by atoms with Crippen LogP contribution < -0.4 is 20.9 Å². The van der Waals surface area contributed by atoms with Crippen LogP contribution in [-0.4, -0.2) is 47.3 Å². The van der Waals surface area contributed by atoms with Gasteiger partial charge in [-0.05, 0) is 37.1 Å². The Labute approximate surface area is 215 Å². The van der Waals surface area contributed by atoms with Gasteiger partial charge in [-0.25, -0.2) is 15.4 Å². The van der Waals surface area contributed by atoms with E-state index in [2.05, 4.69) is 26.5 Å². The molecule has 0 aliphatic carbocycles. The molecule has 2 amide bonds. The van der Waals surface area contributed by atoms with E-state index < -0.39 is 5.91 Å². The number of rotatable bonds is 14. The van der Waals surface area contributed by atoms with E-state index in [1.54, 1.807) is 24.7 Å². The number of carbonyl (C=O) groups excluding carboxylic acids is 2. The normalized spacial score (nSPS) is 10.5. The van der Waals surface area contributed by atoms with E-state index in [0.29, 0.717) is 60.6 Å². The first-order valence-electron chi connectivity index (χ1n) is 12.0. The monoisotopic (exact) mass is 505 g/mol. The maximum absolute atomic E-state index is 12.7. The number of anilines is 3. The lowest BCUT2D eigenvalue weighted by Crippen LogP contribution is -2.17. The Kier molecular flexibility index (Phi) is 10.6. The molecule has 3 aromatic rings. The van der Waals surface area contributed by atoms with Crippen molar-refractivity contribution in [2.45, 2.75) is 38.5 Å². The summed E-state index contributed by atoms with van der Waals surface area (Å²) in [4.78, 5) is 32.5. The second kappa shape index (κ2) is 14.4. The topological polar surface area (TPSA) is 135 Å². The Morgan fingerprint density at radius 2 is 1.81 bits per heavy atom. The van der Waals surface area contributed by atoms with Crippen LogP contribution in [0.2, 0.25) is 0 Å². The van der Waals surface area contributed by atoms with Crippen LogP contribution >= 0.6 is 0 Å². The van der Waals surface area contributed by atoms with Gasteiger partial charge in [-0.3, -0.25) is 14.8 Å². The number of ether oxygens (including phenoxy) is 2. The number of fused-ring (bicyclic) bond motifs is 1. The number of benzene rings is 2. The second-order valence-corrected chi connectivity index (χ2v) is 8.28. The molecular formula is C27H31N5O5. The average molecular weight is 506 g/mol. The Morgan fingerprint density at radius 3 is 2.54 bits per heavy atom. The number of carbonyl (C=O) groups is 2. The van der Waals surface area contributed by atoms with E-state index in [4.69, 9.17) is 21.1 Å². The first kappa shape index (κ1) is 27.4. The quantitative estimate of drug-likeness (QED) is 0.111. The molecule has 37 heavy (non-hydrogen) atoms. The molecule has 0 fully saturated rings. The molecule has 1 heterocycles. The summed E-state index contributed by atoms with van der Waals surface area (Å²) in [6.07, 6.45) is 10.4. The lowest BCUT2D eigenvalue weighted by Gasteiger charge is -2.15. The summed E-state index contributed by atoms with van der Waals surface area (Å²) in [6, 6.07) is 11.0. The molecule has 2 aromatic carbocycles. The van der Waals surface area contributed by atoms with E-state index in [-0.39, 0.29) is 12.3 Å². The molecule has 0 atom stereocenters. The third-order valence-electron chi connectivity index (χ3n) is 5.53. The summed E-state index contributed by atoms with van der Waals surface area (Å²) in [5.74, 6) is 3.09. The van der Waals surface area contributed by atoms with Crippen molar-refractivity contribution in [3.8, 4) is 18.1 Å². The van der Waals surface area contributed by atoms with Crippen LogP contribution in [0.1, 0.15) is 44.1 Å². The molecule has 1 aromatic heterocycles. The number of nitrogens with zero attached hydrogens (tertiary/aromatic N) is 2. The number of hydrogen-bond acceptors (Lipinski definition) is 8. The summed E-state index contributed by atoms with van der Waals surface area (Å²) < 4.78 is 10.9. The zero-order valence-electron chi connectivity index (χ0n) is 20.8. The highest BCUT2D eigenvalue weighted by atomic mass is 16.5. The van der Waals surface area contributed by atoms with Crippen molar-refractivity contribution in [3.05, 3.63) is 48.3 Å². The van der Waals surface area contributed by atoms with Crippen LogP contribution in [0.5, 0.6) is 5.75 Å². The molecule has 0 saturated carbocycles. The molecule has 0 aliphatic heterocycles. The van der Waals surface area contributed by atoms with Crippen LogP contribution in [0, 0.1) is 12.3 Å². The molecule has 10 heteroatoms. The zero-order chi connectivity index (χ0) is 26.5. The number of aromatic nitrogens is 2. The van der Waals surface area contributed by atoms with Gasteiger partial charge in [-0.2, -0.15) is 0 Å². The Morgan fingerprint density at radius 1 is 1.03 bits per heavy atom. The highest BCUT2D eigenvalue weighted by Crippen LogP contribution is 2.33. The molecule has 0 saturated heterocycles. The lowest BCUT2D eigenvalue weighted by atomic mass is 10.1. The highest BCUT2D eigenvalue weighted by molar-refractivity contribution is 5.99. The van der Waals surface area contributed by atoms with Crippen LogP contribution in [0.15, 0.2) is 42.7 Å². The average Bonchev–Trinajstić information content (AvgIpc) is 2.91. The van der Waals surface area contributed by atoms with Crippen molar-refractivity contribution < 1.29 is 24.3 Å². The summed E-state index contributed by atoms with van der Waals surface area (Å²) in [5.41, 5.74) is 4.27. The van der Waals surface area contributed by atoms with Gasteiger partial charge in [0.1, 0.15) is 24.5 Å². The Balaban J connectivity index is 1.75. The van der Waals surface area contributed by atoms with Gasteiger partial charge in [0.15, 0.2) is 0 Å². The Bertz CT molecular complexity index is 1260. The molecule has 0 aliphatic rings. The number of amides is 2. The molecule has 0 spiro atoms. The molecule has 0 radical (unpaired) electrons. The molecule has 10 nitrogen and oxygen atoms in total. The van der Waals surface area contributed by atoms with E-state index in [1.807, 2.05) is 24.3 Å². The second-order valence-electron chi connectivity index (χ2n) is 8.28. The van der Waals surface area contributed by atoms with Gasteiger partial charge in [0.25, 0.3) is 0 Å². The zero-order valence-corrected chi connectivity index (χ0v) is 20.8. The molecule has 3 rings (SSSR count). The van der Waals surface area contributed by atoms with E-state index in [1.165, 1.54) is 6.33 Å². The summed E-state index contributed by atoms with van der Waals surface area (Å²) in [6.45, 7) is 0.698. The fraction of sp³-hybridized carbons (Fsp3) is 0.333. The van der Waals surface area contributed by atoms with Crippen molar-refractivity contribution in [2.24, 2.45) is 0 Å². The minimum atomic E-state index is -0.406. The van der Waals surface area contributed by atoms with Gasteiger partial charge in [0, 0.05) is 42.7 Å². The van der Waals surface area contributed by atoms with Gasteiger partial charge < -0.3 is 20.1 Å². The van der Waals surface area contributed by atoms with Crippen LogP contribution in [-0.2, 0) is 14.3 Å². The molecule has 194 valence electrons. The molecule has 0 bridgehead atoms. The standard InChI is InChI=1S/C27H31N5O5/c1-3-19-9-8-10-20(15-19)30-27-21-16-23(24(37-14-13-36-2)17-22(21)28-18-29-27)31-25(33)11-6-4-5-7-12-26(34)32-35/h1,8-10,15-18,35H,4-7,11-14H2,2H3,(H,31,33)(H,32,34)(H,28,29,30). The Hall–Kier alpha value is -4.20. The third kappa shape index (κ3) is 8.45. The number of methoxy groups -OCH3 is 1. The molecular weight excluding hydrogens is 474 g/mol. The number of terminal acetylenes is 1. The van der Waals surface area contributed by atoms with E-state index >= 15 is 0 Å². The first-order chi connectivity index (χ1) is 18.0. The van der Waals surface area contributed by atoms with Gasteiger partial charge >= 0.3 is 0 Å². The predicted molar refractivity (Wildman–Crippen MR) is 141 cm³/mol. The summed E-state index contributed by atoms with van der Waals surface area (Å²) in [5, 5.41) is 15.5. The van der Waals surface area contributed by atoms with Crippen LogP contribution in [0.4, 0.5) is 17.2 Å². The van der Waals surface area contributed by atoms with Gasteiger partial charge in [0.05, 0.1) is 17.8 Å². The van der Waals surface area contributed by atoms with Crippen LogP contribution in [0.25, 0.3) is 10.9 Å². The van der Waals surface area contributed by atoms with Gasteiger partial charge in [0.2, 0.25) is 11.8 Å². The van der Waals surface area contributed by atoms with Crippen molar-refractivity contribution in [3.63, 3.8) is 0 Å². The fourth-order valence-electron chi connectivity index (χ4n) is 3.65. The highest BCUT2D eigenvalue weighted by Gasteiger charge is 2.14. The largest absolute Gasteiger partial charge is 0.489 e. The van der Waals surface area contributed by atoms with Crippen molar-refractivity contribution in [1.29, 1.82) is 0 Å². The van der Waals surface area contributed by atoms with Crippen molar-refractivity contribution in [2.75, 3.05) is 31.0 Å². The van der Waals surface area contributed by atoms with E-state index in [9.17, 15) is 9.59 Å². The lowest BCUT2D eigenvalue weighted by molar-refractivity contribution is -0.129. The van der Waals surface area contributed by atoms with Crippen LogP contribution in [0.3, 0.4) is 0 Å². The number of nitrogens with one attached hydrogen (secondary N) is 3. The maximum Gasteiger partial charge on any atom is 0.243 e. The number of hydroxylamine groups is 1. The first-order valence-corrected chi connectivity index (χ1v) is 12.0. The minimum absolute atomic E-state index is 0.155. The number of unbranched alkanes of at least 4 members (excludes halogenated alkanes) is 3. The van der Waals surface area contributed by atoms with Gasteiger partial charge in [-0.15, -0.1) is 6.42 Å². The van der Waals surface area contributed by atoms with E-state index in [0.717, 1.165) is 24.1 Å². The number of hydrogen-bond donors (Lipinski definition) is 4. The van der Waals surface area contributed by atoms with Crippen molar-refractivity contribution >= 4 is 39.9 Å². The maximum atomic E-state index is 12.7.